The van der Waals surface area contributed by atoms with Gasteiger partial charge >= 0.3 is 5.97 Å². The molecule has 10 heteroatoms. The number of benzene rings is 1. The topological polar surface area (TPSA) is 84.0 Å². The van der Waals surface area contributed by atoms with Crippen molar-refractivity contribution in [1.82, 2.24) is 9.21 Å². The number of carbonyl (C=O) groups excluding carboxylic acids is 2. The van der Waals surface area contributed by atoms with Crippen molar-refractivity contribution in [2.45, 2.75) is 23.6 Å². The maximum Gasteiger partial charge on any atom is 0.309 e. The van der Waals surface area contributed by atoms with E-state index in [-0.39, 0.29) is 38.0 Å². The van der Waals surface area contributed by atoms with E-state index in [2.05, 4.69) is 0 Å². The second kappa shape index (κ2) is 9.67. The van der Waals surface area contributed by atoms with Gasteiger partial charge in [-0.2, -0.15) is 4.31 Å². The van der Waals surface area contributed by atoms with Gasteiger partial charge in [0.25, 0.3) is 15.9 Å². The maximum absolute atomic E-state index is 13.0. The Hall–Kier alpha value is -2.30. The van der Waals surface area contributed by atoms with E-state index in [1.807, 2.05) is 0 Å². The molecule has 1 aliphatic rings. The number of hydrogen-bond acceptors (Lipinski definition) is 6. The maximum atomic E-state index is 13.0. The van der Waals surface area contributed by atoms with Gasteiger partial charge in [-0.05, 0) is 42.0 Å². The van der Waals surface area contributed by atoms with Crippen LogP contribution in [0.3, 0.4) is 0 Å². The zero-order chi connectivity index (χ0) is 21.7. The van der Waals surface area contributed by atoms with E-state index in [0.717, 1.165) is 16.9 Å². The molecule has 0 spiro atoms. The highest BCUT2D eigenvalue weighted by Crippen LogP contribution is 2.26. The fraction of sp³-hybridized carbons (Fsp3) is 0.400. The third-order valence-corrected chi connectivity index (χ3v) is 8.24. The monoisotopic (exact) mass is 454 g/mol. The van der Waals surface area contributed by atoms with Gasteiger partial charge < -0.3 is 9.64 Å². The number of piperidine rings is 1. The summed E-state index contributed by atoms with van der Waals surface area (Å²) in [6.45, 7) is 0.358. The van der Waals surface area contributed by atoms with Crippen LogP contribution in [0.1, 0.15) is 18.4 Å². The summed E-state index contributed by atoms with van der Waals surface area (Å²) in [7, 11) is -1.94. The van der Waals surface area contributed by atoms with Crippen LogP contribution in [0.2, 0.25) is 0 Å². The lowest BCUT2D eigenvalue weighted by molar-refractivity contribution is -0.156. The fourth-order valence-corrected chi connectivity index (χ4v) is 5.80. The molecule has 1 fully saturated rings. The van der Waals surface area contributed by atoms with Crippen molar-refractivity contribution in [3.63, 3.8) is 0 Å². The minimum absolute atomic E-state index is 0.235. The van der Waals surface area contributed by atoms with Gasteiger partial charge in [0.1, 0.15) is 10.0 Å². The first-order chi connectivity index (χ1) is 14.3. The molecule has 1 aromatic heterocycles. The Morgan fingerprint density at radius 3 is 2.47 bits per heavy atom. The summed E-state index contributed by atoms with van der Waals surface area (Å²) in [4.78, 5) is 25.9. The van der Waals surface area contributed by atoms with Gasteiger partial charge in [0, 0.05) is 26.7 Å². The van der Waals surface area contributed by atoms with E-state index >= 15 is 0 Å². The Morgan fingerprint density at radius 2 is 1.87 bits per heavy atom. The molecule has 1 saturated heterocycles. The van der Waals surface area contributed by atoms with Crippen LogP contribution in [0.5, 0.6) is 0 Å². The van der Waals surface area contributed by atoms with Crippen LogP contribution in [0, 0.1) is 11.7 Å². The number of carbonyl (C=O) groups is 2. The summed E-state index contributed by atoms with van der Waals surface area (Å²) in [5.74, 6) is -1.65. The van der Waals surface area contributed by atoms with Crippen molar-refractivity contribution < 1.29 is 27.1 Å². The molecule has 3 rings (SSSR count). The molecule has 0 N–H and O–H groups in total. The summed E-state index contributed by atoms with van der Waals surface area (Å²) in [6, 6.07) is 9.06. The molecule has 1 aromatic carbocycles. The predicted molar refractivity (Wildman–Crippen MR) is 110 cm³/mol. The SMILES string of the molecule is CN(Cc1ccc(F)cc1)C(=O)COC(=O)C1CCN(S(=O)(=O)c2cccs2)CC1. The minimum Gasteiger partial charge on any atom is -0.455 e. The van der Waals surface area contributed by atoms with E-state index in [9.17, 15) is 22.4 Å². The molecule has 0 radical (unpaired) electrons. The highest BCUT2D eigenvalue weighted by atomic mass is 32.2. The van der Waals surface area contributed by atoms with E-state index in [1.165, 1.54) is 21.3 Å². The summed E-state index contributed by atoms with van der Waals surface area (Å²) >= 11 is 1.16. The zero-order valence-electron chi connectivity index (χ0n) is 16.5. The van der Waals surface area contributed by atoms with Gasteiger partial charge in [-0.15, -0.1) is 11.3 Å². The average Bonchev–Trinajstić information content (AvgIpc) is 3.29. The third-order valence-electron chi connectivity index (χ3n) is 4.97. The number of sulfonamides is 1. The van der Waals surface area contributed by atoms with Gasteiger partial charge in [0.2, 0.25) is 0 Å². The molecule has 2 aromatic rings. The molecule has 0 unspecified atom stereocenters. The normalized spacial score (nSPS) is 15.7. The van der Waals surface area contributed by atoms with Crippen LogP contribution in [0.4, 0.5) is 4.39 Å². The standard InChI is InChI=1S/C20H23FN2O5S2/c1-22(13-15-4-6-17(21)7-5-15)18(24)14-28-20(25)16-8-10-23(11-9-16)30(26,27)19-3-2-12-29-19/h2-7,12,16H,8-11,13-14H2,1H3. The van der Waals surface area contributed by atoms with Crippen LogP contribution >= 0.6 is 11.3 Å². The van der Waals surface area contributed by atoms with E-state index in [4.69, 9.17) is 4.74 Å². The van der Waals surface area contributed by atoms with Gasteiger partial charge in [-0.3, -0.25) is 9.59 Å². The first-order valence-electron chi connectivity index (χ1n) is 9.46. The first-order valence-corrected chi connectivity index (χ1v) is 11.8. The Kier molecular flexibility index (Phi) is 7.22. The summed E-state index contributed by atoms with van der Waals surface area (Å²) < 4.78 is 44.8. The van der Waals surface area contributed by atoms with Crippen molar-refractivity contribution in [2.75, 3.05) is 26.7 Å². The molecular weight excluding hydrogens is 431 g/mol. The summed E-state index contributed by atoms with van der Waals surface area (Å²) in [5, 5.41) is 1.71. The third kappa shape index (κ3) is 5.44. The van der Waals surface area contributed by atoms with Crippen molar-refractivity contribution in [3.05, 3.63) is 53.2 Å². The molecule has 7 nitrogen and oxygen atoms in total. The number of thiophene rings is 1. The van der Waals surface area contributed by atoms with Crippen molar-refractivity contribution in [1.29, 1.82) is 0 Å². The van der Waals surface area contributed by atoms with Crippen molar-refractivity contribution in [2.24, 2.45) is 5.92 Å². The quantitative estimate of drug-likeness (QED) is 0.600. The molecule has 1 aliphatic heterocycles. The average molecular weight is 455 g/mol. The fourth-order valence-electron chi connectivity index (χ4n) is 3.18. The molecule has 30 heavy (non-hydrogen) atoms. The van der Waals surface area contributed by atoms with Crippen LogP contribution in [0.25, 0.3) is 0 Å². The van der Waals surface area contributed by atoms with Crippen molar-refractivity contribution in [3.8, 4) is 0 Å². The molecule has 162 valence electrons. The number of likely N-dealkylation sites (N-methyl/N-ethyl adjacent to an activating group) is 1. The minimum atomic E-state index is -3.52. The Labute approximate surface area is 179 Å². The summed E-state index contributed by atoms with van der Waals surface area (Å²) in [5.41, 5.74) is 0.762. The van der Waals surface area contributed by atoms with Crippen LogP contribution < -0.4 is 0 Å². The number of amides is 1. The number of halogens is 1. The first kappa shape index (κ1) is 22.4. The van der Waals surface area contributed by atoms with Gasteiger partial charge in [0.15, 0.2) is 6.61 Å². The highest BCUT2D eigenvalue weighted by molar-refractivity contribution is 7.91. The largest absolute Gasteiger partial charge is 0.455 e. The molecule has 0 saturated carbocycles. The van der Waals surface area contributed by atoms with Gasteiger partial charge in [-0.25, -0.2) is 12.8 Å². The number of hydrogen-bond donors (Lipinski definition) is 0. The molecule has 2 heterocycles. The van der Waals surface area contributed by atoms with Crippen LogP contribution in [-0.4, -0.2) is 56.2 Å². The number of ether oxygens (including phenoxy) is 1. The van der Waals surface area contributed by atoms with Crippen molar-refractivity contribution >= 4 is 33.2 Å². The smallest absolute Gasteiger partial charge is 0.309 e. The Bertz CT molecular complexity index is 969. The Balaban J connectivity index is 1.44. The highest BCUT2D eigenvalue weighted by Gasteiger charge is 2.33. The van der Waals surface area contributed by atoms with E-state index in [1.54, 1.807) is 36.7 Å². The van der Waals surface area contributed by atoms with Gasteiger partial charge in [0.05, 0.1) is 5.92 Å². The molecule has 0 atom stereocenters. The lowest BCUT2D eigenvalue weighted by Gasteiger charge is -2.29. The summed E-state index contributed by atoms with van der Waals surface area (Å²) in [6.07, 6.45) is 0.700. The zero-order valence-corrected chi connectivity index (χ0v) is 18.1. The number of rotatable bonds is 7. The molecular formula is C20H23FN2O5S2. The van der Waals surface area contributed by atoms with Crippen LogP contribution in [-0.2, 0) is 30.9 Å². The van der Waals surface area contributed by atoms with Gasteiger partial charge in [-0.1, -0.05) is 18.2 Å². The van der Waals surface area contributed by atoms with E-state index < -0.39 is 21.9 Å². The lowest BCUT2D eigenvalue weighted by Crippen LogP contribution is -2.41. The predicted octanol–water partition coefficient (Wildman–Crippen LogP) is 2.49. The molecule has 0 aliphatic carbocycles. The van der Waals surface area contributed by atoms with Crippen LogP contribution in [0.15, 0.2) is 46.0 Å². The van der Waals surface area contributed by atoms with E-state index in [0.29, 0.717) is 17.1 Å². The number of esters is 1. The Morgan fingerprint density at radius 1 is 1.20 bits per heavy atom. The number of nitrogens with zero attached hydrogens (tertiary/aromatic N) is 2. The molecule has 1 amide bonds. The lowest BCUT2D eigenvalue weighted by atomic mass is 9.98. The second-order valence-corrected chi connectivity index (χ2v) is 10.2. The second-order valence-electron chi connectivity index (χ2n) is 7.09. The molecule has 0 bridgehead atoms.